The van der Waals surface area contributed by atoms with Gasteiger partial charge in [-0.3, -0.25) is 0 Å². The Labute approximate surface area is 95.7 Å². The molecule has 86 valence electrons. The Morgan fingerprint density at radius 3 is 3.00 bits per heavy atom. The first kappa shape index (κ1) is 11.0. The van der Waals surface area contributed by atoms with Crippen LogP contribution in [0, 0.1) is 5.92 Å². The fraction of sp³-hybridized carbons (Fsp3) is 0.462. The summed E-state index contributed by atoms with van der Waals surface area (Å²) in [6.07, 6.45) is 3.87. The van der Waals surface area contributed by atoms with Gasteiger partial charge in [0.25, 0.3) is 0 Å². The van der Waals surface area contributed by atoms with E-state index in [4.69, 9.17) is 9.94 Å². The fourth-order valence-electron chi connectivity index (χ4n) is 1.62. The van der Waals surface area contributed by atoms with Gasteiger partial charge in [-0.1, -0.05) is 30.1 Å². The highest BCUT2D eigenvalue weighted by Gasteiger charge is 2.20. The van der Waals surface area contributed by atoms with Gasteiger partial charge in [0, 0.05) is 5.56 Å². The van der Waals surface area contributed by atoms with E-state index >= 15 is 0 Å². The van der Waals surface area contributed by atoms with Gasteiger partial charge in [-0.15, -0.1) is 0 Å². The number of benzene rings is 1. The van der Waals surface area contributed by atoms with Crippen LogP contribution in [0.25, 0.3) is 0 Å². The minimum Gasteiger partial charge on any atom is -0.494 e. The molecule has 1 fully saturated rings. The molecule has 0 heterocycles. The average Bonchev–Trinajstić information content (AvgIpc) is 3.12. The maximum absolute atomic E-state index is 8.68. The molecule has 1 aromatic carbocycles. The van der Waals surface area contributed by atoms with E-state index in [1.54, 1.807) is 6.92 Å². The van der Waals surface area contributed by atoms with Crippen LogP contribution in [0.1, 0.15) is 31.7 Å². The van der Waals surface area contributed by atoms with Crippen LogP contribution in [0.2, 0.25) is 0 Å². The van der Waals surface area contributed by atoms with E-state index in [9.17, 15) is 0 Å². The van der Waals surface area contributed by atoms with Crippen molar-refractivity contribution >= 4 is 5.71 Å². The lowest BCUT2D eigenvalue weighted by Crippen LogP contribution is -2.00. The van der Waals surface area contributed by atoms with Crippen molar-refractivity contribution in [3.8, 4) is 5.75 Å². The van der Waals surface area contributed by atoms with Gasteiger partial charge in [0.1, 0.15) is 5.75 Å². The molecule has 0 radical (unpaired) electrons. The molecule has 2 rings (SSSR count). The van der Waals surface area contributed by atoms with E-state index < -0.39 is 0 Å². The van der Waals surface area contributed by atoms with Crippen molar-refractivity contribution in [2.45, 2.75) is 26.2 Å². The minimum atomic E-state index is 0.604. The van der Waals surface area contributed by atoms with Gasteiger partial charge in [0.2, 0.25) is 0 Å². The maximum Gasteiger partial charge on any atom is 0.119 e. The van der Waals surface area contributed by atoms with Crippen LogP contribution < -0.4 is 4.74 Å². The Morgan fingerprint density at radius 1 is 1.50 bits per heavy atom. The van der Waals surface area contributed by atoms with E-state index in [-0.39, 0.29) is 0 Å². The maximum atomic E-state index is 8.68. The smallest absolute Gasteiger partial charge is 0.119 e. The highest BCUT2D eigenvalue weighted by atomic mass is 16.5. The second-order valence-corrected chi connectivity index (χ2v) is 4.29. The number of ether oxygens (including phenoxy) is 1. The topological polar surface area (TPSA) is 41.8 Å². The predicted octanol–water partition coefficient (Wildman–Crippen LogP) is 3.06. The van der Waals surface area contributed by atoms with Crippen LogP contribution in [-0.4, -0.2) is 17.5 Å². The molecule has 0 saturated heterocycles. The first-order valence-corrected chi connectivity index (χ1v) is 5.71. The van der Waals surface area contributed by atoms with Crippen molar-refractivity contribution in [2.75, 3.05) is 6.61 Å². The summed E-state index contributed by atoms with van der Waals surface area (Å²) < 4.78 is 5.66. The molecule has 16 heavy (non-hydrogen) atoms. The molecule has 0 bridgehead atoms. The SMILES string of the molecule is CC(=NO)c1cccc(OCCC2CC2)c1. The van der Waals surface area contributed by atoms with E-state index in [0.29, 0.717) is 5.71 Å². The lowest BCUT2D eigenvalue weighted by Gasteiger charge is -2.07. The Morgan fingerprint density at radius 2 is 2.31 bits per heavy atom. The molecule has 0 aliphatic heterocycles. The Hall–Kier alpha value is -1.51. The Kier molecular flexibility index (Phi) is 3.44. The molecule has 3 heteroatoms. The van der Waals surface area contributed by atoms with Gasteiger partial charge in [-0.2, -0.15) is 0 Å². The van der Waals surface area contributed by atoms with Crippen LogP contribution in [-0.2, 0) is 0 Å². The second kappa shape index (κ2) is 5.01. The second-order valence-electron chi connectivity index (χ2n) is 4.29. The Bertz CT molecular complexity index is 383. The van der Waals surface area contributed by atoms with Gasteiger partial charge in [0.15, 0.2) is 0 Å². The van der Waals surface area contributed by atoms with Crippen LogP contribution in [0.3, 0.4) is 0 Å². The van der Waals surface area contributed by atoms with Crippen molar-refractivity contribution in [1.82, 2.24) is 0 Å². The summed E-state index contributed by atoms with van der Waals surface area (Å²) in [5, 5.41) is 11.9. The molecule has 1 saturated carbocycles. The molecule has 1 aliphatic rings. The van der Waals surface area contributed by atoms with E-state index in [1.807, 2.05) is 24.3 Å². The van der Waals surface area contributed by atoms with Crippen LogP contribution >= 0.6 is 0 Å². The minimum absolute atomic E-state index is 0.604. The quantitative estimate of drug-likeness (QED) is 0.470. The molecule has 0 atom stereocenters. The van der Waals surface area contributed by atoms with Crippen molar-refractivity contribution in [1.29, 1.82) is 0 Å². The molecule has 1 aliphatic carbocycles. The van der Waals surface area contributed by atoms with Crippen molar-refractivity contribution < 1.29 is 9.94 Å². The standard InChI is InChI=1S/C13H17NO2/c1-10(14-15)12-3-2-4-13(9-12)16-8-7-11-5-6-11/h2-4,9,11,15H,5-8H2,1H3. The van der Waals surface area contributed by atoms with Gasteiger partial charge in [0.05, 0.1) is 12.3 Å². The largest absolute Gasteiger partial charge is 0.494 e. The van der Waals surface area contributed by atoms with Gasteiger partial charge in [-0.05, 0) is 31.4 Å². The fourth-order valence-corrected chi connectivity index (χ4v) is 1.62. The third-order valence-corrected chi connectivity index (χ3v) is 2.89. The van der Waals surface area contributed by atoms with Crippen LogP contribution in [0.4, 0.5) is 0 Å². The zero-order valence-electron chi connectivity index (χ0n) is 9.52. The van der Waals surface area contributed by atoms with Crippen LogP contribution in [0.15, 0.2) is 29.4 Å². The molecule has 0 aromatic heterocycles. The van der Waals surface area contributed by atoms with Crippen molar-refractivity contribution in [2.24, 2.45) is 11.1 Å². The first-order chi connectivity index (χ1) is 7.79. The lowest BCUT2D eigenvalue weighted by atomic mass is 10.1. The average molecular weight is 219 g/mol. The van der Waals surface area contributed by atoms with Gasteiger partial charge >= 0.3 is 0 Å². The molecule has 0 spiro atoms. The lowest BCUT2D eigenvalue weighted by molar-refractivity contribution is 0.302. The third-order valence-electron chi connectivity index (χ3n) is 2.89. The highest BCUT2D eigenvalue weighted by molar-refractivity contribution is 5.98. The van der Waals surface area contributed by atoms with Gasteiger partial charge in [-0.25, -0.2) is 0 Å². The molecule has 1 N–H and O–H groups in total. The van der Waals surface area contributed by atoms with E-state index in [0.717, 1.165) is 30.3 Å². The third kappa shape index (κ3) is 2.99. The summed E-state index contributed by atoms with van der Waals surface area (Å²) in [6.45, 7) is 2.55. The van der Waals surface area contributed by atoms with E-state index in [1.165, 1.54) is 12.8 Å². The monoisotopic (exact) mass is 219 g/mol. The predicted molar refractivity (Wildman–Crippen MR) is 63.3 cm³/mol. The molecular weight excluding hydrogens is 202 g/mol. The highest BCUT2D eigenvalue weighted by Crippen LogP contribution is 2.32. The number of nitrogens with zero attached hydrogens (tertiary/aromatic N) is 1. The molecular formula is C13H17NO2. The zero-order chi connectivity index (χ0) is 11.4. The number of oxime groups is 1. The van der Waals surface area contributed by atoms with Gasteiger partial charge < -0.3 is 9.94 Å². The number of hydrogen-bond donors (Lipinski definition) is 1. The van der Waals surface area contributed by atoms with Crippen molar-refractivity contribution in [3.63, 3.8) is 0 Å². The summed E-state index contributed by atoms with van der Waals surface area (Å²) >= 11 is 0. The molecule has 1 aromatic rings. The summed E-state index contributed by atoms with van der Waals surface area (Å²) in [5.41, 5.74) is 1.50. The normalized spacial score (nSPS) is 16.2. The van der Waals surface area contributed by atoms with E-state index in [2.05, 4.69) is 5.16 Å². The number of rotatable bonds is 5. The summed E-state index contributed by atoms with van der Waals surface area (Å²) in [7, 11) is 0. The van der Waals surface area contributed by atoms with Crippen molar-refractivity contribution in [3.05, 3.63) is 29.8 Å². The first-order valence-electron chi connectivity index (χ1n) is 5.71. The summed E-state index contributed by atoms with van der Waals surface area (Å²) in [4.78, 5) is 0. The summed E-state index contributed by atoms with van der Waals surface area (Å²) in [5.74, 6) is 1.74. The molecule has 0 unspecified atom stereocenters. The molecule has 3 nitrogen and oxygen atoms in total. The molecule has 0 amide bonds. The zero-order valence-corrected chi connectivity index (χ0v) is 9.52. The number of hydrogen-bond acceptors (Lipinski definition) is 3. The van der Waals surface area contributed by atoms with Crippen LogP contribution in [0.5, 0.6) is 5.75 Å². The Balaban J connectivity index is 1.92. The summed E-state index contributed by atoms with van der Waals surface area (Å²) in [6, 6.07) is 7.66.